The molecule has 0 bridgehead atoms. The average Bonchev–Trinajstić information content (AvgIpc) is 2.70. The molecule has 1 aromatic rings. The summed E-state index contributed by atoms with van der Waals surface area (Å²) in [7, 11) is 0. The van der Waals surface area contributed by atoms with Crippen molar-refractivity contribution in [1.29, 1.82) is 0 Å². The van der Waals surface area contributed by atoms with E-state index >= 15 is 0 Å². The van der Waals surface area contributed by atoms with Gasteiger partial charge < -0.3 is 15.0 Å². The highest BCUT2D eigenvalue weighted by Gasteiger charge is 2.18. The van der Waals surface area contributed by atoms with Gasteiger partial charge in [0.1, 0.15) is 0 Å². The molecule has 1 N–H and O–H groups in total. The Labute approximate surface area is 181 Å². The van der Waals surface area contributed by atoms with Crippen LogP contribution in [0.5, 0.6) is 0 Å². The molecule has 1 heterocycles. The first-order valence-electron chi connectivity index (χ1n) is 10.3. The number of benzene rings is 1. The first kappa shape index (κ1) is 24.9. The SMILES string of the molecule is CCCSc1ccccc1N1CCN(CCCCCNC(=O)OCC)CC1.Cl. The Balaban J connectivity index is 0.00000392. The van der Waals surface area contributed by atoms with Gasteiger partial charge in [0.15, 0.2) is 0 Å². The second-order valence-corrected chi connectivity index (χ2v) is 7.99. The standard InChI is InChI=1S/C21H35N3O2S.ClH/c1-3-18-27-20-11-7-6-10-19(20)24-16-14-23(15-17-24)13-9-5-8-12-22-21(25)26-4-2;/h6-7,10-11H,3-5,8-9,12-18H2,1-2H3,(H,22,25);1H. The van der Waals surface area contributed by atoms with E-state index in [4.69, 9.17) is 4.74 Å². The predicted octanol–water partition coefficient (Wildman–Crippen LogP) is 4.65. The molecule has 2 rings (SSSR count). The van der Waals surface area contributed by atoms with E-state index < -0.39 is 0 Å². The molecule has 0 saturated carbocycles. The summed E-state index contributed by atoms with van der Waals surface area (Å²) in [6.45, 7) is 10.8. The second kappa shape index (κ2) is 14.8. The van der Waals surface area contributed by atoms with Crippen LogP contribution in [-0.4, -0.2) is 62.6 Å². The summed E-state index contributed by atoms with van der Waals surface area (Å²) in [6.07, 6.45) is 4.26. The molecule has 1 aromatic carbocycles. The number of hydrogen-bond acceptors (Lipinski definition) is 5. The van der Waals surface area contributed by atoms with Gasteiger partial charge in [-0.2, -0.15) is 0 Å². The number of halogens is 1. The molecule has 1 amide bonds. The summed E-state index contributed by atoms with van der Waals surface area (Å²) in [4.78, 5) is 17.7. The van der Waals surface area contributed by atoms with Gasteiger partial charge in [0.2, 0.25) is 0 Å². The van der Waals surface area contributed by atoms with Gasteiger partial charge in [0.25, 0.3) is 0 Å². The van der Waals surface area contributed by atoms with Crippen molar-refractivity contribution in [2.75, 3.05) is 56.5 Å². The third-order valence-corrected chi connectivity index (χ3v) is 6.00. The van der Waals surface area contributed by atoms with E-state index in [0.29, 0.717) is 13.2 Å². The van der Waals surface area contributed by atoms with Gasteiger partial charge in [-0.05, 0) is 50.6 Å². The van der Waals surface area contributed by atoms with Crippen molar-refractivity contribution in [2.24, 2.45) is 0 Å². The zero-order valence-corrected chi connectivity index (χ0v) is 19.0. The van der Waals surface area contributed by atoms with Crippen LogP contribution in [0.25, 0.3) is 0 Å². The lowest BCUT2D eigenvalue weighted by molar-refractivity contribution is 0.152. The summed E-state index contributed by atoms with van der Waals surface area (Å²) >= 11 is 1.97. The highest BCUT2D eigenvalue weighted by molar-refractivity contribution is 7.99. The fraction of sp³-hybridized carbons (Fsp3) is 0.667. The number of alkyl carbamates (subject to hydrolysis) is 1. The van der Waals surface area contributed by atoms with Gasteiger partial charge in [-0.3, -0.25) is 4.90 Å². The Kier molecular flexibility index (Phi) is 13.2. The fourth-order valence-electron chi connectivity index (χ4n) is 3.27. The van der Waals surface area contributed by atoms with Gasteiger partial charge in [-0.25, -0.2) is 4.79 Å². The lowest BCUT2D eigenvalue weighted by Crippen LogP contribution is -2.46. The smallest absolute Gasteiger partial charge is 0.407 e. The Morgan fingerprint density at radius 3 is 2.57 bits per heavy atom. The van der Waals surface area contributed by atoms with Crippen LogP contribution in [0, 0.1) is 0 Å². The summed E-state index contributed by atoms with van der Waals surface area (Å²) < 4.78 is 4.86. The van der Waals surface area contributed by atoms with E-state index in [2.05, 4.69) is 46.3 Å². The number of nitrogens with one attached hydrogen (secondary N) is 1. The summed E-state index contributed by atoms with van der Waals surface area (Å²) in [5.74, 6) is 1.18. The summed E-state index contributed by atoms with van der Waals surface area (Å²) in [5.41, 5.74) is 1.40. The number of amides is 1. The molecule has 0 aliphatic carbocycles. The average molecular weight is 430 g/mol. The molecule has 1 aliphatic rings. The van der Waals surface area contributed by atoms with Crippen molar-refractivity contribution in [2.45, 2.75) is 44.4 Å². The Morgan fingerprint density at radius 2 is 1.86 bits per heavy atom. The largest absolute Gasteiger partial charge is 0.450 e. The normalized spacial score (nSPS) is 14.4. The molecule has 1 saturated heterocycles. The van der Waals surface area contributed by atoms with E-state index in [-0.39, 0.29) is 18.5 Å². The monoisotopic (exact) mass is 429 g/mol. The number of anilines is 1. The van der Waals surface area contributed by atoms with Gasteiger partial charge in [-0.1, -0.05) is 25.5 Å². The molecule has 0 aromatic heterocycles. The highest BCUT2D eigenvalue weighted by atomic mass is 35.5. The number of piperazine rings is 1. The van der Waals surface area contributed by atoms with Gasteiger partial charge in [0, 0.05) is 37.6 Å². The molecule has 7 heteroatoms. The number of unbranched alkanes of at least 4 members (excludes halogenated alkanes) is 2. The number of ether oxygens (including phenoxy) is 1. The van der Waals surface area contributed by atoms with Crippen LogP contribution < -0.4 is 10.2 Å². The van der Waals surface area contributed by atoms with Crippen molar-refractivity contribution in [3.63, 3.8) is 0 Å². The van der Waals surface area contributed by atoms with E-state index in [0.717, 1.165) is 45.6 Å². The molecule has 5 nitrogen and oxygen atoms in total. The number of carbonyl (C=O) groups is 1. The number of rotatable bonds is 11. The maximum Gasteiger partial charge on any atom is 0.407 e. The van der Waals surface area contributed by atoms with Crippen molar-refractivity contribution < 1.29 is 9.53 Å². The minimum absolute atomic E-state index is 0. The maximum atomic E-state index is 11.2. The van der Waals surface area contributed by atoms with Crippen molar-refractivity contribution in [3.8, 4) is 0 Å². The van der Waals surface area contributed by atoms with Crippen LogP contribution >= 0.6 is 24.2 Å². The van der Waals surface area contributed by atoms with Crippen LogP contribution in [0.4, 0.5) is 10.5 Å². The fourth-order valence-corrected chi connectivity index (χ4v) is 4.22. The maximum absolute atomic E-state index is 11.2. The van der Waals surface area contributed by atoms with Crippen LogP contribution in [0.15, 0.2) is 29.2 Å². The van der Waals surface area contributed by atoms with E-state index in [1.165, 1.54) is 29.2 Å². The first-order chi connectivity index (χ1) is 13.2. The van der Waals surface area contributed by atoms with Crippen molar-refractivity contribution >= 4 is 35.9 Å². The highest BCUT2D eigenvalue weighted by Crippen LogP contribution is 2.31. The summed E-state index contributed by atoms with van der Waals surface area (Å²) in [6, 6.07) is 8.83. The third kappa shape index (κ3) is 8.93. The molecule has 0 radical (unpaired) electrons. The van der Waals surface area contributed by atoms with Crippen LogP contribution in [0.2, 0.25) is 0 Å². The minimum Gasteiger partial charge on any atom is -0.450 e. The van der Waals surface area contributed by atoms with Crippen LogP contribution in [-0.2, 0) is 4.74 Å². The molecule has 160 valence electrons. The van der Waals surface area contributed by atoms with E-state index in [1.54, 1.807) is 0 Å². The Bertz CT molecular complexity index is 554. The predicted molar refractivity (Wildman–Crippen MR) is 122 cm³/mol. The first-order valence-corrected chi connectivity index (χ1v) is 11.3. The Morgan fingerprint density at radius 1 is 1.11 bits per heavy atom. The van der Waals surface area contributed by atoms with Gasteiger partial charge in [-0.15, -0.1) is 24.2 Å². The van der Waals surface area contributed by atoms with Gasteiger partial charge >= 0.3 is 6.09 Å². The zero-order valence-electron chi connectivity index (χ0n) is 17.3. The molecular formula is C21H36ClN3O2S. The van der Waals surface area contributed by atoms with Gasteiger partial charge in [0.05, 0.1) is 12.3 Å². The second-order valence-electron chi connectivity index (χ2n) is 6.85. The molecular weight excluding hydrogens is 394 g/mol. The number of thioether (sulfide) groups is 1. The molecule has 28 heavy (non-hydrogen) atoms. The van der Waals surface area contributed by atoms with E-state index in [9.17, 15) is 4.79 Å². The number of nitrogens with zero attached hydrogens (tertiary/aromatic N) is 2. The van der Waals surface area contributed by atoms with Crippen molar-refractivity contribution in [3.05, 3.63) is 24.3 Å². The number of hydrogen-bond donors (Lipinski definition) is 1. The molecule has 0 spiro atoms. The topological polar surface area (TPSA) is 44.8 Å². The lowest BCUT2D eigenvalue weighted by Gasteiger charge is -2.37. The number of para-hydroxylation sites is 1. The molecule has 0 unspecified atom stereocenters. The third-order valence-electron chi connectivity index (χ3n) is 4.74. The molecule has 1 fully saturated rings. The quantitative estimate of drug-likeness (QED) is 0.409. The number of carbonyl (C=O) groups excluding carboxylic acids is 1. The molecule has 1 aliphatic heterocycles. The minimum atomic E-state index is -0.300. The molecule has 0 atom stereocenters. The van der Waals surface area contributed by atoms with Crippen LogP contribution in [0.1, 0.15) is 39.5 Å². The van der Waals surface area contributed by atoms with Crippen LogP contribution in [0.3, 0.4) is 0 Å². The van der Waals surface area contributed by atoms with E-state index in [1.807, 2.05) is 18.7 Å². The summed E-state index contributed by atoms with van der Waals surface area (Å²) in [5, 5.41) is 2.78. The Hall–Kier alpha value is -1.11. The van der Waals surface area contributed by atoms with Crippen molar-refractivity contribution in [1.82, 2.24) is 10.2 Å². The lowest BCUT2D eigenvalue weighted by atomic mass is 10.2. The zero-order chi connectivity index (χ0) is 19.3.